The van der Waals surface area contributed by atoms with Gasteiger partial charge in [-0.1, -0.05) is 34.1 Å². The molecule has 0 aliphatic rings. The zero-order valence-corrected chi connectivity index (χ0v) is 15.5. The smallest absolute Gasteiger partial charge is 0.134 e. The molecule has 2 heterocycles. The average molecular weight is 416 g/mol. The van der Waals surface area contributed by atoms with Gasteiger partial charge in [0.05, 0.1) is 12.2 Å². The molecule has 23 heavy (non-hydrogen) atoms. The Balaban J connectivity index is 0.00000132. The van der Waals surface area contributed by atoms with Gasteiger partial charge in [-0.05, 0) is 36.4 Å². The van der Waals surface area contributed by atoms with E-state index in [0.29, 0.717) is 6.54 Å². The molecule has 2 aromatic heterocycles. The molecule has 0 aliphatic carbocycles. The molecule has 3 nitrogen and oxygen atoms in total. The van der Waals surface area contributed by atoms with E-state index < -0.39 is 0 Å². The Hall–Kier alpha value is -1.33. The molecule has 1 aromatic carbocycles. The van der Waals surface area contributed by atoms with Crippen molar-refractivity contribution in [2.24, 2.45) is 0 Å². The topological polar surface area (TPSA) is 38.1 Å². The quantitative estimate of drug-likeness (QED) is 0.619. The Kier molecular flexibility index (Phi) is 8.34. The summed E-state index contributed by atoms with van der Waals surface area (Å²) in [5, 5.41) is 3.33. The van der Waals surface area contributed by atoms with Crippen LogP contribution in [0.25, 0.3) is 11.3 Å². The highest BCUT2D eigenvalue weighted by atomic mass is 79.9. The summed E-state index contributed by atoms with van der Waals surface area (Å²) in [7, 11) is 0. The molecule has 0 aliphatic heterocycles. The van der Waals surface area contributed by atoms with Crippen molar-refractivity contribution in [1.82, 2.24) is 10.3 Å². The van der Waals surface area contributed by atoms with E-state index in [1.807, 2.05) is 54.6 Å². The van der Waals surface area contributed by atoms with Gasteiger partial charge in [0.25, 0.3) is 0 Å². The van der Waals surface area contributed by atoms with E-state index in [1.54, 1.807) is 6.20 Å². The van der Waals surface area contributed by atoms with Gasteiger partial charge in [0.2, 0.25) is 0 Å². The van der Waals surface area contributed by atoms with Crippen LogP contribution in [0.5, 0.6) is 0 Å². The Bertz CT molecular complexity index is 702. The highest BCUT2D eigenvalue weighted by Gasteiger charge is 2.04. The van der Waals surface area contributed by atoms with Crippen LogP contribution in [0.4, 0.5) is 0 Å². The van der Waals surface area contributed by atoms with Crippen molar-refractivity contribution in [2.45, 2.75) is 13.1 Å². The number of nitrogens with zero attached hydrogens (tertiary/aromatic N) is 1. The maximum Gasteiger partial charge on any atom is 0.134 e. The fourth-order valence-electron chi connectivity index (χ4n) is 2.06. The van der Waals surface area contributed by atoms with Crippen LogP contribution >= 0.6 is 40.7 Å². The fourth-order valence-corrected chi connectivity index (χ4v) is 2.32. The summed E-state index contributed by atoms with van der Waals surface area (Å²) >= 11 is 3.43. The highest BCUT2D eigenvalue weighted by Crippen LogP contribution is 2.23. The van der Waals surface area contributed by atoms with E-state index in [9.17, 15) is 0 Å². The number of benzene rings is 1. The van der Waals surface area contributed by atoms with Crippen LogP contribution in [0.1, 0.15) is 11.5 Å². The summed E-state index contributed by atoms with van der Waals surface area (Å²) in [6.45, 7) is 1.42. The molecule has 0 amide bonds. The SMILES string of the molecule is Brc1ccc(-c2ccc(CNCc3ccccn3)o2)cc1.Cl.Cl. The molecule has 6 heteroatoms. The summed E-state index contributed by atoms with van der Waals surface area (Å²) in [5.41, 5.74) is 2.10. The van der Waals surface area contributed by atoms with Crippen molar-refractivity contribution in [3.05, 3.63) is 76.7 Å². The molecular weight excluding hydrogens is 399 g/mol. The van der Waals surface area contributed by atoms with Gasteiger partial charge in [0.1, 0.15) is 11.5 Å². The first-order valence-corrected chi connectivity index (χ1v) is 7.56. The summed E-state index contributed by atoms with van der Waals surface area (Å²) in [6.07, 6.45) is 1.80. The van der Waals surface area contributed by atoms with Gasteiger partial charge in [-0.2, -0.15) is 0 Å². The number of rotatable bonds is 5. The predicted molar refractivity (Wildman–Crippen MR) is 101 cm³/mol. The van der Waals surface area contributed by atoms with Crippen LogP contribution in [-0.2, 0) is 13.1 Å². The van der Waals surface area contributed by atoms with Gasteiger partial charge in [0, 0.05) is 22.8 Å². The Morgan fingerprint density at radius 1 is 0.913 bits per heavy atom. The molecule has 1 N–H and O–H groups in total. The number of furan rings is 1. The Labute approximate surface area is 156 Å². The third kappa shape index (κ3) is 5.66. The molecule has 0 saturated carbocycles. The molecule has 0 atom stereocenters. The Morgan fingerprint density at radius 3 is 2.39 bits per heavy atom. The van der Waals surface area contributed by atoms with Crippen LogP contribution in [0, 0.1) is 0 Å². The van der Waals surface area contributed by atoms with Crippen molar-refractivity contribution in [3.8, 4) is 11.3 Å². The lowest BCUT2D eigenvalue weighted by atomic mass is 10.2. The third-order valence-corrected chi connectivity index (χ3v) is 3.65. The standard InChI is InChI=1S/C17H15BrN2O.2ClH/c18-14-6-4-13(5-7-14)17-9-8-16(21-17)12-19-11-15-3-1-2-10-20-15;;/h1-10,19H,11-12H2;2*1H. The lowest BCUT2D eigenvalue weighted by molar-refractivity contribution is 0.492. The van der Waals surface area contributed by atoms with E-state index in [-0.39, 0.29) is 24.8 Å². The molecule has 0 saturated heterocycles. The zero-order chi connectivity index (χ0) is 14.5. The second-order valence-electron chi connectivity index (χ2n) is 4.70. The average Bonchev–Trinajstić information content (AvgIpc) is 2.98. The monoisotopic (exact) mass is 414 g/mol. The van der Waals surface area contributed by atoms with Crippen molar-refractivity contribution >= 4 is 40.7 Å². The molecule has 3 rings (SSSR count). The number of hydrogen-bond acceptors (Lipinski definition) is 3. The molecular formula is C17H17BrCl2N2O. The van der Waals surface area contributed by atoms with Gasteiger partial charge >= 0.3 is 0 Å². The van der Waals surface area contributed by atoms with E-state index in [0.717, 1.165) is 33.8 Å². The first-order chi connectivity index (χ1) is 10.3. The second-order valence-corrected chi connectivity index (χ2v) is 5.61. The summed E-state index contributed by atoms with van der Waals surface area (Å²) < 4.78 is 6.91. The van der Waals surface area contributed by atoms with Gasteiger partial charge in [-0.3, -0.25) is 4.98 Å². The molecule has 0 spiro atoms. The fraction of sp³-hybridized carbons (Fsp3) is 0.118. The summed E-state index contributed by atoms with van der Waals surface area (Å²) in [4.78, 5) is 4.27. The van der Waals surface area contributed by atoms with E-state index in [1.165, 1.54) is 0 Å². The normalized spacial score (nSPS) is 9.78. The van der Waals surface area contributed by atoms with Gasteiger partial charge in [-0.25, -0.2) is 0 Å². The highest BCUT2D eigenvalue weighted by molar-refractivity contribution is 9.10. The van der Waals surface area contributed by atoms with Gasteiger partial charge in [-0.15, -0.1) is 24.8 Å². The van der Waals surface area contributed by atoms with E-state index in [2.05, 4.69) is 26.2 Å². The van der Waals surface area contributed by atoms with Crippen LogP contribution in [0.2, 0.25) is 0 Å². The third-order valence-electron chi connectivity index (χ3n) is 3.12. The molecule has 0 fully saturated rings. The minimum atomic E-state index is 0. The van der Waals surface area contributed by atoms with Crippen LogP contribution in [0.15, 0.2) is 69.7 Å². The first-order valence-electron chi connectivity index (χ1n) is 6.76. The molecule has 122 valence electrons. The number of aromatic nitrogens is 1. The van der Waals surface area contributed by atoms with Crippen LogP contribution in [-0.4, -0.2) is 4.98 Å². The van der Waals surface area contributed by atoms with Crippen molar-refractivity contribution in [2.75, 3.05) is 0 Å². The van der Waals surface area contributed by atoms with E-state index in [4.69, 9.17) is 4.42 Å². The largest absolute Gasteiger partial charge is 0.460 e. The van der Waals surface area contributed by atoms with Crippen LogP contribution < -0.4 is 5.32 Å². The number of halogens is 3. The zero-order valence-electron chi connectivity index (χ0n) is 12.2. The number of pyridine rings is 1. The van der Waals surface area contributed by atoms with E-state index >= 15 is 0 Å². The number of nitrogens with one attached hydrogen (secondary N) is 1. The minimum absolute atomic E-state index is 0. The minimum Gasteiger partial charge on any atom is -0.460 e. The maximum atomic E-state index is 5.85. The molecule has 0 unspecified atom stereocenters. The predicted octanol–water partition coefficient (Wildman–Crippen LogP) is 5.24. The first kappa shape index (κ1) is 19.7. The number of hydrogen-bond donors (Lipinski definition) is 1. The summed E-state index contributed by atoms with van der Waals surface area (Å²) in [5.74, 6) is 1.81. The van der Waals surface area contributed by atoms with Gasteiger partial charge < -0.3 is 9.73 Å². The lowest BCUT2D eigenvalue weighted by Gasteiger charge is -2.02. The molecule has 0 radical (unpaired) electrons. The maximum absolute atomic E-state index is 5.85. The van der Waals surface area contributed by atoms with Crippen molar-refractivity contribution in [3.63, 3.8) is 0 Å². The second kappa shape index (κ2) is 9.73. The molecule has 0 bridgehead atoms. The van der Waals surface area contributed by atoms with Gasteiger partial charge in [0.15, 0.2) is 0 Å². The van der Waals surface area contributed by atoms with Crippen molar-refractivity contribution < 1.29 is 4.42 Å². The lowest BCUT2D eigenvalue weighted by Crippen LogP contribution is -2.12. The summed E-state index contributed by atoms with van der Waals surface area (Å²) in [6, 6.07) is 18.0. The molecule has 3 aromatic rings. The Morgan fingerprint density at radius 2 is 1.70 bits per heavy atom. The van der Waals surface area contributed by atoms with Crippen molar-refractivity contribution in [1.29, 1.82) is 0 Å². The van der Waals surface area contributed by atoms with Crippen LogP contribution in [0.3, 0.4) is 0 Å².